The average Bonchev–Trinajstić information content (AvgIpc) is 2.98. The number of furan rings is 1. The molecule has 0 saturated carbocycles. The fourth-order valence-corrected chi connectivity index (χ4v) is 1.66. The van der Waals surface area contributed by atoms with E-state index in [1.54, 1.807) is 12.1 Å². The van der Waals surface area contributed by atoms with Gasteiger partial charge in [-0.05, 0) is 23.8 Å². The SMILES string of the molecule is Fc1cccc(Cc2noc(-c3ccoc3)n2)c1. The molecule has 2 heterocycles. The zero-order valence-electron chi connectivity index (χ0n) is 9.34. The molecule has 2 aromatic heterocycles. The minimum Gasteiger partial charge on any atom is -0.472 e. The third kappa shape index (κ3) is 2.15. The second-order valence-electron chi connectivity index (χ2n) is 3.83. The van der Waals surface area contributed by atoms with E-state index in [0.717, 1.165) is 11.1 Å². The van der Waals surface area contributed by atoms with Gasteiger partial charge in [0.1, 0.15) is 12.1 Å². The Bertz CT molecular complexity index is 647. The second kappa shape index (κ2) is 4.44. The summed E-state index contributed by atoms with van der Waals surface area (Å²) in [5.74, 6) is 0.637. The molecule has 5 heteroatoms. The van der Waals surface area contributed by atoms with Crippen LogP contribution in [0.15, 0.2) is 51.8 Å². The number of hydrogen-bond donors (Lipinski definition) is 0. The van der Waals surface area contributed by atoms with Crippen molar-refractivity contribution >= 4 is 0 Å². The lowest BCUT2D eigenvalue weighted by atomic mass is 10.1. The summed E-state index contributed by atoms with van der Waals surface area (Å²) in [6.07, 6.45) is 3.49. The zero-order chi connectivity index (χ0) is 12.4. The highest BCUT2D eigenvalue weighted by molar-refractivity contribution is 5.49. The van der Waals surface area contributed by atoms with Crippen LogP contribution in [0, 0.1) is 5.82 Å². The molecule has 1 aromatic carbocycles. The topological polar surface area (TPSA) is 52.1 Å². The van der Waals surface area contributed by atoms with Crippen LogP contribution >= 0.6 is 0 Å². The van der Waals surface area contributed by atoms with Crippen LogP contribution in [0.2, 0.25) is 0 Å². The molecule has 18 heavy (non-hydrogen) atoms. The fourth-order valence-electron chi connectivity index (χ4n) is 1.66. The van der Waals surface area contributed by atoms with Crippen molar-refractivity contribution < 1.29 is 13.3 Å². The number of hydrogen-bond acceptors (Lipinski definition) is 4. The molecule has 0 aliphatic rings. The highest BCUT2D eigenvalue weighted by Gasteiger charge is 2.10. The minimum atomic E-state index is -0.272. The maximum atomic E-state index is 13.0. The lowest BCUT2D eigenvalue weighted by molar-refractivity contribution is 0.423. The molecule has 3 rings (SSSR count). The zero-order valence-corrected chi connectivity index (χ0v) is 9.34. The molecule has 0 amide bonds. The van der Waals surface area contributed by atoms with Gasteiger partial charge in [-0.1, -0.05) is 17.3 Å². The Labute approximate surface area is 102 Å². The van der Waals surface area contributed by atoms with Crippen LogP contribution in [0.25, 0.3) is 11.5 Å². The Morgan fingerprint density at radius 3 is 2.94 bits per heavy atom. The standard InChI is InChI=1S/C13H9FN2O2/c14-11-3-1-2-9(6-11)7-12-15-13(18-16-12)10-4-5-17-8-10/h1-6,8H,7H2. The first-order valence-electron chi connectivity index (χ1n) is 5.41. The maximum Gasteiger partial charge on any atom is 0.261 e. The third-order valence-electron chi connectivity index (χ3n) is 2.49. The van der Waals surface area contributed by atoms with Gasteiger partial charge in [-0.2, -0.15) is 4.98 Å². The summed E-state index contributed by atoms with van der Waals surface area (Å²) < 4.78 is 23.1. The molecular formula is C13H9FN2O2. The van der Waals surface area contributed by atoms with Crippen LogP contribution in [0.1, 0.15) is 11.4 Å². The van der Waals surface area contributed by atoms with Gasteiger partial charge >= 0.3 is 0 Å². The second-order valence-corrected chi connectivity index (χ2v) is 3.83. The van der Waals surface area contributed by atoms with Gasteiger partial charge in [0, 0.05) is 6.42 Å². The summed E-state index contributed by atoms with van der Waals surface area (Å²) in [6, 6.07) is 8.06. The third-order valence-corrected chi connectivity index (χ3v) is 2.49. The van der Waals surface area contributed by atoms with Crippen molar-refractivity contribution in [3.05, 3.63) is 60.1 Å². The van der Waals surface area contributed by atoms with Crippen molar-refractivity contribution in [2.45, 2.75) is 6.42 Å². The highest BCUT2D eigenvalue weighted by Crippen LogP contribution is 2.18. The highest BCUT2D eigenvalue weighted by atomic mass is 19.1. The van der Waals surface area contributed by atoms with Gasteiger partial charge in [-0.25, -0.2) is 4.39 Å². The first kappa shape index (κ1) is 10.7. The lowest BCUT2D eigenvalue weighted by Crippen LogP contribution is -1.91. The molecule has 0 N–H and O–H groups in total. The monoisotopic (exact) mass is 244 g/mol. The van der Waals surface area contributed by atoms with Crippen molar-refractivity contribution in [3.8, 4) is 11.5 Å². The summed E-state index contributed by atoms with van der Waals surface area (Å²) in [6.45, 7) is 0. The van der Waals surface area contributed by atoms with Crippen LogP contribution in [0.3, 0.4) is 0 Å². The molecule has 0 bridgehead atoms. The van der Waals surface area contributed by atoms with E-state index in [0.29, 0.717) is 18.1 Å². The Kier molecular flexibility index (Phi) is 2.64. The number of rotatable bonds is 3. The smallest absolute Gasteiger partial charge is 0.261 e. The van der Waals surface area contributed by atoms with Crippen molar-refractivity contribution in [1.82, 2.24) is 10.1 Å². The molecule has 0 aliphatic heterocycles. The Hall–Kier alpha value is -2.43. The molecule has 0 fully saturated rings. The molecule has 0 spiro atoms. The van der Waals surface area contributed by atoms with Crippen molar-refractivity contribution in [3.63, 3.8) is 0 Å². The fraction of sp³-hybridized carbons (Fsp3) is 0.0769. The first-order valence-corrected chi connectivity index (χ1v) is 5.41. The molecular weight excluding hydrogens is 235 g/mol. The van der Waals surface area contributed by atoms with Gasteiger partial charge in [0.15, 0.2) is 5.82 Å². The summed E-state index contributed by atoms with van der Waals surface area (Å²) in [4.78, 5) is 4.22. The number of halogens is 1. The molecule has 0 aliphatic carbocycles. The summed E-state index contributed by atoms with van der Waals surface area (Å²) in [5, 5.41) is 3.85. The maximum absolute atomic E-state index is 13.0. The Balaban J connectivity index is 1.82. The van der Waals surface area contributed by atoms with Crippen LogP contribution in [0.5, 0.6) is 0 Å². The van der Waals surface area contributed by atoms with Gasteiger partial charge in [-0.3, -0.25) is 0 Å². The van der Waals surface area contributed by atoms with Gasteiger partial charge < -0.3 is 8.94 Å². The van der Waals surface area contributed by atoms with Crippen molar-refractivity contribution in [2.75, 3.05) is 0 Å². The van der Waals surface area contributed by atoms with Crippen molar-refractivity contribution in [1.29, 1.82) is 0 Å². The van der Waals surface area contributed by atoms with E-state index in [9.17, 15) is 4.39 Å². The molecule has 0 saturated heterocycles. The number of benzene rings is 1. The largest absolute Gasteiger partial charge is 0.472 e. The van der Waals surface area contributed by atoms with E-state index >= 15 is 0 Å². The van der Waals surface area contributed by atoms with Gasteiger partial charge in [-0.15, -0.1) is 0 Å². The first-order chi connectivity index (χ1) is 8.81. The Morgan fingerprint density at radius 1 is 1.22 bits per heavy atom. The molecule has 3 aromatic rings. The molecule has 4 nitrogen and oxygen atoms in total. The summed E-state index contributed by atoms with van der Waals surface area (Å²) in [5.41, 5.74) is 1.53. The van der Waals surface area contributed by atoms with E-state index in [1.165, 1.54) is 24.7 Å². The van der Waals surface area contributed by atoms with E-state index in [-0.39, 0.29) is 5.82 Å². The van der Waals surface area contributed by atoms with Gasteiger partial charge in [0.2, 0.25) is 0 Å². The summed E-state index contributed by atoms with van der Waals surface area (Å²) in [7, 11) is 0. The molecule has 90 valence electrons. The van der Waals surface area contributed by atoms with E-state index in [4.69, 9.17) is 8.94 Å². The predicted molar refractivity (Wildman–Crippen MR) is 61.2 cm³/mol. The van der Waals surface area contributed by atoms with Gasteiger partial charge in [0.05, 0.1) is 11.8 Å². The molecule has 0 radical (unpaired) electrons. The Morgan fingerprint density at radius 2 is 2.17 bits per heavy atom. The van der Waals surface area contributed by atoms with Crippen LogP contribution in [0.4, 0.5) is 4.39 Å². The van der Waals surface area contributed by atoms with Gasteiger partial charge in [0.25, 0.3) is 5.89 Å². The predicted octanol–water partition coefficient (Wildman–Crippen LogP) is 3.06. The van der Waals surface area contributed by atoms with E-state index < -0.39 is 0 Å². The number of aromatic nitrogens is 2. The average molecular weight is 244 g/mol. The summed E-state index contributed by atoms with van der Waals surface area (Å²) >= 11 is 0. The lowest BCUT2D eigenvalue weighted by Gasteiger charge is -1.95. The number of nitrogens with zero attached hydrogens (tertiary/aromatic N) is 2. The van der Waals surface area contributed by atoms with E-state index in [2.05, 4.69) is 10.1 Å². The normalized spacial score (nSPS) is 10.7. The minimum absolute atomic E-state index is 0.272. The quantitative estimate of drug-likeness (QED) is 0.710. The van der Waals surface area contributed by atoms with Crippen LogP contribution < -0.4 is 0 Å². The molecule has 0 atom stereocenters. The van der Waals surface area contributed by atoms with E-state index in [1.807, 2.05) is 6.07 Å². The molecule has 0 unspecified atom stereocenters. The van der Waals surface area contributed by atoms with Crippen molar-refractivity contribution in [2.24, 2.45) is 0 Å². The van der Waals surface area contributed by atoms with Crippen LogP contribution in [-0.2, 0) is 6.42 Å². The van der Waals surface area contributed by atoms with Crippen LogP contribution in [-0.4, -0.2) is 10.1 Å².